The van der Waals surface area contributed by atoms with Crippen molar-refractivity contribution in [2.75, 3.05) is 6.56 Å². The number of hydrogen-bond acceptors (Lipinski definition) is 10. The van der Waals surface area contributed by atoms with Crippen molar-refractivity contribution in [3.8, 4) is 11.8 Å². The molecule has 3 unspecified atom stereocenters. The molecule has 1 aliphatic heterocycles. The van der Waals surface area contributed by atoms with Crippen LogP contribution in [-0.4, -0.2) is 58.7 Å². The Bertz CT molecular complexity index is 1320. The van der Waals surface area contributed by atoms with E-state index in [1.165, 1.54) is 6.92 Å². The van der Waals surface area contributed by atoms with Crippen molar-refractivity contribution in [3.63, 3.8) is 0 Å². The van der Waals surface area contributed by atoms with Crippen LogP contribution in [0, 0.1) is 18.8 Å². The molecule has 33 heavy (non-hydrogen) atoms. The second-order valence-electron chi connectivity index (χ2n) is 6.25. The van der Waals surface area contributed by atoms with Gasteiger partial charge in [0, 0.05) is 11.8 Å². The lowest BCUT2D eigenvalue weighted by atomic mass is 9.96. The minimum absolute atomic E-state index is 0.218. The molecule has 1 saturated heterocycles. The predicted octanol–water partition coefficient (Wildman–Crippen LogP) is -0.822. The number of aryl methyl sites for hydroxylation is 1. The van der Waals surface area contributed by atoms with Gasteiger partial charge in [0.25, 0.3) is 5.56 Å². The number of H-pyrrole nitrogens is 1. The highest BCUT2D eigenvalue weighted by atomic mass is 31.3. The number of aromatic amines is 1. The van der Waals surface area contributed by atoms with Crippen LogP contribution in [0.2, 0.25) is 0 Å². The number of aromatic nitrogens is 2. The molecule has 0 amide bonds. The van der Waals surface area contributed by atoms with E-state index in [1.54, 1.807) is 4.98 Å². The van der Waals surface area contributed by atoms with E-state index in [2.05, 4.69) is 19.1 Å². The summed E-state index contributed by atoms with van der Waals surface area (Å²) >= 11 is 0. The first-order chi connectivity index (χ1) is 15.6. The Hall–Kier alpha value is -1.50. The number of nitrogens with zero attached hydrogens (tertiary/aromatic N) is 1. The molecule has 1 aromatic heterocycles. The second-order valence-corrected chi connectivity index (χ2v) is 10.6. The first-order valence-corrected chi connectivity index (χ1v) is 12.8. The maximum Gasteiger partial charge on any atom is 0.490 e. The zero-order chi connectivity index (χ0) is 27.2. The third kappa shape index (κ3) is 6.77. The molecule has 0 aliphatic carbocycles. The van der Waals surface area contributed by atoms with Gasteiger partial charge in [-0.15, -0.1) is 5.92 Å². The van der Waals surface area contributed by atoms with Crippen LogP contribution in [0.3, 0.4) is 0 Å². The zero-order valence-electron chi connectivity index (χ0n) is 18.4. The number of alkyl halides is 1. The number of hydrogen-bond donors (Lipinski definition) is 6. The summed E-state index contributed by atoms with van der Waals surface area (Å²) in [5.41, 5.74) is -5.63. The van der Waals surface area contributed by atoms with Gasteiger partial charge in [-0.3, -0.25) is 18.9 Å². The number of phosphoric ester groups is 1. The van der Waals surface area contributed by atoms with Crippen LogP contribution in [-0.2, 0) is 31.6 Å². The lowest BCUT2D eigenvalue weighted by molar-refractivity contribution is -0.0544. The topological polar surface area (TPSA) is 244 Å². The van der Waals surface area contributed by atoms with Gasteiger partial charge in [-0.2, -0.15) is 8.62 Å². The fourth-order valence-corrected chi connectivity index (χ4v) is 5.55. The maximum atomic E-state index is 15.8. The minimum atomic E-state index is -6.10. The number of phosphoric acid groups is 3. The van der Waals surface area contributed by atoms with Gasteiger partial charge in [-0.1, -0.05) is 5.92 Å². The Labute approximate surface area is 186 Å². The van der Waals surface area contributed by atoms with E-state index in [4.69, 9.17) is 17.3 Å². The Morgan fingerprint density at radius 3 is 2.39 bits per heavy atom. The molecule has 1 fully saturated rings. The highest BCUT2D eigenvalue weighted by molar-refractivity contribution is 7.66. The van der Waals surface area contributed by atoms with E-state index in [-0.39, 0.29) is 5.69 Å². The first-order valence-electron chi connectivity index (χ1n) is 9.27. The second kappa shape index (κ2) is 9.63. The summed E-state index contributed by atoms with van der Waals surface area (Å²) in [5, 5.41) is 10.5. The molecule has 16 nitrogen and oxygen atoms in total. The Morgan fingerprint density at radius 2 is 1.88 bits per heavy atom. The smallest absolute Gasteiger partial charge is 0.386 e. The van der Waals surface area contributed by atoms with Crippen LogP contribution in [0.5, 0.6) is 0 Å². The molecular formula is C13H18FN2O14P3. The number of halogens is 1. The van der Waals surface area contributed by atoms with Gasteiger partial charge in [-0.05, 0) is 13.8 Å². The molecule has 0 aromatic carbocycles. The molecule has 0 spiro atoms. The SMILES string of the molecule is [2H]C([2H])(OP(=O)(O)OP(=O)(O)OP(=O)(O)O)[C@H]1O[C@@H](n2c(C)cc(=O)[nH]c2=O)C(F)(C#CC)[C@H]1O. The summed E-state index contributed by atoms with van der Waals surface area (Å²) in [6, 6.07) is 0.838. The summed E-state index contributed by atoms with van der Waals surface area (Å²) in [5.74, 6) is 4.00. The van der Waals surface area contributed by atoms with Gasteiger partial charge in [0.15, 0.2) is 6.23 Å². The summed E-state index contributed by atoms with van der Waals surface area (Å²) in [6.45, 7) is -1.48. The van der Waals surface area contributed by atoms with Crippen LogP contribution in [0.25, 0.3) is 0 Å². The number of ether oxygens (including phenoxy) is 1. The predicted molar refractivity (Wildman–Crippen MR) is 103 cm³/mol. The molecule has 0 bridgehead atoms. The van der Waals surface area contributed by atoms with Crippen molar-refractivity contribution in [3.05, 3.63) is 32.6 Å². The monoisotopic (exact) mass is 540 g/mol. The quantitative estimate of drug-likeness (QED) is 0.174. The van der Waals surface area contributed by atoms with Gasteiger partial charge in [0.2, 0.25) is 5.67 Å². The van der Waals surface area contributed by atoms with Gasteiger partial charge in [-0.25, -0.2) is 22.9 Å². The summed E-state index contributed by atoms with van der Waals surface area (Å²) in [7, 11) is -17.9. The lowest BCUT2D eigenvalue weighted by Gasteiger charge is -2.25. The minimum Gasteiger partial charge on any atom is -0.386 e. The molecule has 20 heteroatoms. The van der Waals surface area contributed by atoms with Crippen LogP contribution >= 0.6 is 23.5 Å². The van der Waals surface area contributed by atoms with E-state index in [1.807, 2.05) is 5.92 Å². The molecular weight excluding hydrogens is 520 g/mol. The maximum absolute atomic E-state index is 15.8. The van der Waals surface area contributed by atoms with Crippen molar-refractivity contribution in [1.29, 1.82) is 0 Å². The average Bonchev–Trinajstić information content (AvgIpc) is 2.83. The van der Waals surface area contributed by atoms with Gasteiger partial charge < -0.3 is 29.4 Å². The fraction of sp³-hybridized carbons (Fsp3) is 0.538. The fourth-order valence-electron chi connectivity index (χ4n) is 2.67. The normalized spacial score (nSPS) is 30.4. The van der Waals surface area contributed by atoms with Gasteiger partial charge in [0.1, 0.15) is 12.2 Å². The molecule has 6 N–H and O–H groups in total. The zero-order valence-corrected chi connectivity index (χ0v) is 19.1. The van der Waals surface area contributed by atoms with Crippen LogP contribution in [0.4, 0.5) is 4.39 Å². The molecule has 0 radical (unpaired) electrons. The first kappa shape index (κ1) is 24.6. The van der Waals surface area contributed by atoms with E-state index in [9.17, 15) is 38.2 Å². The van der Waals surface area contributed by atoms with Crippen molar-refractivity contribution >= 4 is 23.5 Å². The van der Waals surface area contributed by atoms with Crippen molar-refractivity contribution in [2.24, 2.45) is 0 Å². The van der Waals surface area contributed by atoms with Gasteiger partial charge >= 0.3 is 29.2 Å². The third-order valence-electron chi connectivity index (χ3n) is 3.77. The molecule has 0 saturated carbocycles. The van der Waals surface area contributed by atoms with Crippen LogP contribution in [0.15, 0.2) is 15.7 Å². The van der Waals surface area contributed by atoms with Gasteiger partial charge in [0.05, 0.1) is 9.30 Å². The molecule has 6 atom stereocenters. The van der Waals surface area contributed by atoms with Crippen molar-refractivity contribution < 1.29 is 63.4 Å². The molecule has 1 aliphatic rings. The van der Waals surface area contributed by atoms with E-state index in [0.29, 0.717) is 4.57 Å². The molecule has 2 rings (SSSR count). The van der Waals surface area contributed by atoms with Crippen LogP contribution in [0.1, 0.15) is 21.6 Å². The van der Waals surface area contributed by atoms with E-state index in [0.717, 1.165) is 13.0 Å². The Morgan fingerprint density at radius 1 is 1.27 bits per heavy atom. The summed E-state index contributed by atoms with van der Waals surface area (Å²) in [6.07, 6.45) is -7.49. The Balaban J connectivity index is 2.46. The Kier molecular flexibility index (Phi) is 7.18. The lowest BCUT2D eigenvalue weighted by Crippen LogP contribution is -2.45. The summed E-state index contributed by atoms with van der Waals surface area (Å²) < 4.78 is 82.2. The largest absolute Gasteiger partial charge is 0.490 e. The molecule has 2 heterocycles. The van der Waals surface area contributed by atoms with Crippen molar-refractivity contribution in [2.45, 2.75) is 38.0 Å². The number of aliphatic hydroxyl groups excluding tert-OH is 1. The standard InChI is InChI=1S/C13H18FN2O14P3/c1-3-4-13(14)10(18)8(28-11(13)16-7(2)5-9(17)15-12(16)19)6-27-32(23,24)30-33(25,26)29-31(20,21)22/h5,8,10-11,18H,6H2,1-2H3,(H,23,24)(H,25,26)(H,15,17,19)(H2,20,21,22)/t8-,10+,11-,13?/m1/s1/i6D2. The molecule has 1 aromatic rings. The number of nitrogens with one attached hydrogen (secondary N) is 1. The number of aliphatic hydroxyl groups is 1. The van der Waals surface area contributed by atoms with Crippen LogP contribution < -0.4 is 11.2 Å². The highest BCUT2D eigenvalue weighted by Gasteiger charge is 2.58. The molecule has 186 valence electrons. The highest BCUT2D eigenvalue weighted by Crippen LogP contribution is 2.66. The third-order valence-corrected chi connectivity index (χ3v) is 7.44. The average molecular weight is 540 g/mol. The van der Waals surface area contributed by atoms with Crippen molar-refractivity contribution in [1.82, 2.24) is 9.55 Å². The van der Waals surface area contributed by atoms with E-state index < -0.39 is 65.4 Å². The summed E-state index contributed by atoms with van der Waals surface area (Å²) in [4.78, 5) is 61.4. The van der Waals surface area contributed by atoms with E-state index >= 15 is 4.39 Å². The number of rotatable bonds is 8.